The lowest BCUT2D eigenvalue weighted by Crippen LogP contribution is -2.50. The molecule has 0 spiro atoms. The van der Waals surface area contributed by atoms with Crippen LogP contribution >= 0.6 is 0 Å². The zero-order valence-electron chi connectivity index (χ0n) is 10.2. The Labute approximate surface area is 96.5 Å². The molecule has 0 aromatic rings. The van der Waals surface area contributed by atoms with Gasteiger partial charge in [-0.05, 0) is 24.7 Å². The molecular formula is C13H20O3. The van der Waals surface area contributed by atoms with Crippen molar-refractivity contribution in [3.63, 3.8) is 0 Å². The minimum Gasteiger partial charge on any atom is -0.481 e. The molecule has 2 aliphatic rings. The second-order valence-electron chi connectivity index (χ2n) is 5.65. The summed E-state index contributed by atoms with van der Waals surface area (Å²) < 4.78 is 5.74. The summed E-state index contributed by atoms with van der Waals surface area (Å²) in [5.41, 5.74) is 1.46. The Hall–Kier alpha value is -0.830. The predicted molar refractivity (Wildman–Crippen MR) is 61.1 cm³/mol. The summed E-state index contributed by atoms with van der Waals surface area (Å²) in [6.45, 7) is 7.30. The predicted octanol–water partition coefficient (Wildman–Crippen LogP) is 2.47. The maximum atomic E-state index is 10.8. The van der Waals surface area contributed by atoms with Gasteiger partial charge in [-0.1, -0.05) is 25.5 Å². The minimum absolute atomic E-state index is 0.117. The molecule has 0 radical (unpaired) electrons. The second kappa shape index (κ2) is 3.88. The van der Waals surface area contributed by atoms with E-state index in [2.05, 4.69) is 26.8 Å². The quantitative estimate of drug-likeness (QED) is 0.733. The molecule has 0 amide bonds. The highest BCUT2D eigenvalue weighted by atomic mass is 16.5. The van der Waals surface area contributed by atoms with Crippen LogP contribution in [-0.4, -0.2) is 23.8 Å². The first-order chi connectivity index (χ1) is 7.43. The van der Waals surface area contributed by atoms with E-state index in [1.807, 2.05) is 0 Å². The molecule has 3 nitrogen and oxygen atoms in total. The Balaban J connectivity index is 2.28. The van der Waals surface area contributed by atoms with Gasteiger partial charge < -0.3 is 9.84 Å². The van der Waals surface area contributed by atoms with Crippen molar-refractivity contribution in [3.05, 3.63) is 11.6 Å². The van der Waals surface area contributed by atoms with Gasteiger partial charge in [0.05, 0.1) is 19.1 Å². The third-order valence-corrected chi connectivity index (χ3v) is 4.33. The number of allylic oxidation sites excluding steroid dienone is 1. The van der Waals surface area contributed by atoms with Gasteiger partial charge in [0.15, 0.2) is 0 Å². The van der Waals surface area contributed by atoms with E-state index in [9.17, 15) is 4.79 Å². The molecule has 16 heavy (non-hydrogen) atoms. The molecule has 0 aromatic carbocycles. The van der Waals surface area contributed by atoms with Crippen molar-refractivity contribution in [2.75, 3.05) is 6.61 Å². The van der Waals surface area contributed by atoms with Gasteiger partial charge in [-0.15, -0.1) is 0 Å². The third-order valence-electron chi connectivity index (χ3n) is 4.33. The number of carbonyl (C=O) groups is 1. The first kappa shape index (κ1) is 11.6. The average molecular weight is 224 g/mol. The van der Waals surface area contributed by atoms with E-state index in [0.29, 0.717) is 12.5 Å². The number of carboxylic acid groups (broad SMARTS) is 1. The maximum absolute atomic E-state index is 10.8. The molecule has 3 heteroatoms. The molecule has 2 rings (SSSR count). The van der Waals surface area contributed by atoms with Gasteiger partial charge in [0.25, 0.3) is 0 Å². The number of aliphatic carboxylic acids is 1. The number of hydrogen-bond donors (Lipinski definition) is 1. The Morgan fingerprint density at radius 1 is 1.62 bits per heavy atom. The summed E-state index contributed by atoms with van der Waals surface area (Å²) in [4.78, 5) is 10.8. The molecule has 1 heterocycles. The molecule has 1 N–H and O–H groups in total. The lowest BCUT2D eigenvalue weighted by atomic mass is 9.59. The van der Waals surface area contributed by atoms with Gasteiger partial charge >= 0.3 is 5.97 Å². The molecule has 1 fully saturated rings. The van der Waals surface area contributed by atoms with Crippen LogP contribution in [0, 0.1) is 17.3 Å². The number of carboxylic acids is 1. The maximum Gasteiger partial charge on any atom is 0.306 e. The van der Waals surface area contributed by atoms with Crippen LogP contribution in [0.1, 0.15) is 33.6 Å². The van der Waals surface area contributed by atoms with Gasteiger partial charge in [0.1, 0.15) is 0 Å². The number of rotatable bonds is 2. The van der Waals surface area contributed by atoms with Crippen molar-refractivity contribution in [3.8, 4) is 0 Å². The summed E-state index contributed by atoms with van der Waals surface area (Å²) in [5.74, 6) is 0.0277. The van der Waals surface area contributed by atoms with Crippen LogP contribution in [0.3, 0.4) is 0 Å². The summed E-state index contributed by atoms with van der Waals surface area (Å²) in [6.07, 6.45) is 3.29. The zero-order chi connectivity index (χ0) is 11.9. The fourth-order valence-electron chi connectivity index (χ4n) is 3.34. The van der Waals surface area contributed by atoms with Crippen LogP contribution in [0.4, 0.5) is 0 Å². The molecule has 0 unspecified atom stereocenters. The Morgan fingerprint density at radius 2 is 2.31 bits per heavy atom. The summed E-state index contributed by atoms with van der Waals surface area (Å²) >= 11 is 0. The highest BCUT2D eigenvalue weighted by molar-refractivity contribution is 5.67. The molecule has 1 aliphatic carbocycles. The van der Waals surface area contributed by atoms with E-state index >= 15 is 0 Å². The summed E-state index contributed by atoms with van der Waals surface area (Å²) in [5, 5.41) is 8.92. The van der Waals surface area contributed by atoms with Crippen LogP contribution in [0.25, 0.3) is 0 Å². The van der Waals surface area contributed by atoms with E-state index in [1.54, 1.807) is 0 Å². The van der Waals surface area contributed by atoms with Crippen LogP contribution in [0.5, 0.6) is 0 Å². The fraction of sp³-hybridized carbons (Fsp3) is 0.769. The lowest BCUT2D eigenvalue weighted by Gasteiger charge is -2.51. The van der Waals surface area contributed by atoms with Gasteiger partial charge in [-0.25, -0.2) is 0 Å². The Bertz CT molecular complexity index is 330. The number of ether oxygens (including phenoxy) is 1. The molecule has 1 aliphatic heterocycles. The molecule has 2 bridgehead atoms. The third kappa shape index (κ3) is 1.77. The topological polar surface area (TPSA) is 46.5 Å². The standard InChI is InChI=1S/C13H20O3/c1-8-4-5-9-7-16-10(6-11(14)15)12(8)13(9,2)3/h4,9-10,12H,5-7H2,1-3H3,(H,14,15)/t9-,10+,12+/m0/s1. The lowest BCUT2D eigenvalue weighted by molar-refractivity contribution is -0.153. The van der Waals surface area contributed by atoms with Gasteiger partial charge in [0, 0.05) is 5.92 Å². The van der Waals surface area contributed by atoms with E-state index in [1.165, 1.54) is 5.57 Å². The van der Waals surface area contributed by atoms with Crippen LogP contribution in [0.15, 0.2) is 11.6 Å². The molecule has 3 atom stereocenters. The highest BCUT2D eigenvalue weighted by Gasteiger charge is 2.48. The van der Waals surface area contributed by atoms with Crippen molar-refractivity contribution >= 4 is 5.97 Å². The van der Waals surface area contributed by atoms with Crippen molar-refractivity contribution in [1.29, 1.82) is 0 Å². The zero-order valence-corrected chi connectivity index (χ0v) is 10.2. The van der Waals surface area contributed by atoms with E-state index in [-0.39, 0.29) is 23.9 Å². The monoisotopic (exact) mass is 224 g/mol. The van der Waals surface area contributed by atoms with Gasteiger partial charge in [0.2, 0.25) is 0 Å². The minimum atomic E-state index is -0.766. The van der Waals surface area contributed by atoms with Crippen LogP contribution in [-0.2, 0) is 9.53 Å². The molecule has 1 saturated heterocycles. The van der Waals surface area contributed by atoms with Gasteiger partial charge in [-0.3, -0.25) is 4.79 Å². The largest absolute Gasteiger partial charge is 0.481 e. The molecule has 0 saturated carbocycles. The fourth-order valence-corrected chi connectivity index (χ4v) is 3.34. The highest BCUT2D eigenvalue weighted by Crippen LogP contribution is 2.51. The summed E-state index contributed by atoms with van der Waals surface area (Å²) in [7, 11) is 0. The normalized spacial score (nSPS) is 36.7. The van der Waals surface area contributed by atoms with E-state index in [4.69, 9.17) is 9.84 Å². The second-order valence-corrected chi connectivity index (χ2v) is 5.65. The first-order valence-electron chi connectivity index (χ1n) is 5.93. The van der Waals surface area contributed by atoms with Crippen molar-refractivity contribution in [1.82, 2.24) is 0 Å². The Kier molecular flexibility index (Phi) is 2.82. The Morgan fingerprint density at radius 3 is 2.94 bits per heavy atom. The SMILES string of the molecule is CC1=CC[C@H]2CO[C@H](CC(=O)O)[C@@H]1C2(C)C. The average Bonchev–Trinajstić information content (AvgIpc) is 2.11. The van der Waals surface area contributed by atoms with E-state index < -0.39 is 5.97 Å². The van der Waals surface area contributed by atoms with Gasteiger partial charge in [-0.2, -0.15) is 0 Å². The van der Waals surface area contributed by atoms with Crippen LogP contribution in [0.2, 0.25) is 0 Å². The van der Waals surface area contributed by atoms with Crippen molar-refractivity contribution in [2.45, 2.75) is 39.7 Å². The smallest absolute Gasteiger partial charge is 0.306 e. The molecular weight excluding hydrogens is 204 g/mol. The van der Waals surface area contributed by atoms with Crippen LogP contribution < -0.4 is 0 Å². The number of hydrogen-bond acceptors (Lipinski definition) is 2. The van der Waals surface area contributed by atoms with E-state index in [0.717, 1.165) is 6.42 Å². The molecule has 0 aromatic heterocycles. The summed E-state index contributed by atoms with van der Waals surface area (Å²) in [6, 6.07) is 0. The number of fused-ring (bicyclic) bond motifs is 2. The molecule has 90 valence electrons. The van der Waals surface area contributed by atoms with Crippen molar-refractivity contribution in [2.24, 2.45) is 17.3 Å². The first-order valence-corrected chi connectivity index (χ1v) is 5.93. The van der Waals surface area contributed by atoms with Crippen molar-refractivity contribution < 1.29 is 14.6 Å².